The lowest BCUT2D eigenvalue weighted by molar-refractivity contribution is -0.122. The third-order valence-electron chi connectivity index (χ3n) is 4.02. The van der Waals surface area contributed by atoms with E-state index in [0.717, 1.165) is 5.56 Å². The quantitative estimate of drug-likeness (QED) is 0.731. The van der Waals surface area contributed by atoms with Crippen molar-refractivity contribution in [1.82, 2.24) is 5.32 Å². The first-order chi connectivity index (χ1) is 13.4. The molecule has 1 heterocycles. The van der Waals surface area contributed by atoms with E-state index in [1.807, 2.05) is 0 Å². The zero-order valence-corrected chi connectivity index (χ0v) is 15.9. The molecule has 1 aliphatic heterocycles. The van der Waals surface area contributed by atoms with Gasteiger partial charge < -0.3 is 10.6 Å². The van der Waals surface area contributed by atoms with E-state index in [1.165, 1.54) is 30.8 Å². The second-order valence-corrected chi connectivity index (χ2v) is 7.42. The highest BCUT2D eigenvalue weighted by Gasteiger charge is 2.32. The van der Waals surface area contributed by atoms with Gasteiger partial charge in [0, 0.05) is 17.7 Å². The molecule has 0 aliphatic carbocycles. The Bertz CT molecular complexity index is 944. The van der Waals surface area contributed by atoms with Crippen molar-refractivity contribution in [2.24, 2.45) is 4.99 Å². The molecule has 3 rings (SSSR count). The molecule has 0 saturated carbocycles. The van der Waals surface area contributed by atoms with Crippen LogP contribution >= 0.6 is 11.8 Å². The molecular weight excluding hydrogens is 381 g/mol. The zero-order chi connectivity index (χ0) is 20.1. The Hall–Kier alpha value is -3.00. The monoisotopic (exact) mass is 399 g/mol. The molecule has 28 heavy (non-hydrogen) atoms. The standard InChI is InChI=1S/C20H18FN3O3S/c1-12(25)14-3-2-4-16(9-14)23-18(26)10-17-19(27)24-20(28-17)22-11-13-5-7-15(21)8-6-13/h2-9,17H,10-11H2,1H3,(H,23,26)(H,22,24,27)/t17-/m1/s1. The minimum absolute atomic E-state index is 0.0175. The lowest BCUT2D eigenvalue weighted by Crippen LogP contribution is -2.28. The largest absolute Gasteiger partial charge is 0.326 e. The van der Waals surface area contributed by atoms with E-state index in [0.29, 0.717) is 23.0 Å². The SMILES string of the molecule is CC(=O)c1cccc(NC(=O)C[C@H]2SC(=NCc3ccc(F)cc3)NC2=O)c1. The number of amides is 2. The predicted molar refractivity (Wildman–Crippen MR) is 107 cm³/mol. The van der Waals surface area contributed by atoms with Gasteiger partial charge in [0.15, 0.2) is 11.0 Å². The molecule has 1 atom stereocenters. The molecule has 2 N–H and O–H groups in total. The van der Waals surface area contributed by atoms with E-state index >= 15 is 0 Å². The van der Waals surface area contributed by atoms with Gasteiger partial charge in [0.05, 0.1) is 6.54 Å². The van der Waals surface area contributed by atoms with Crippen molar-refractivity contribution in [2.45, 2.75) is 25.1 Å². The number of carbonyl (C=O) groups is 3. The number of rotatable bonds is 6. The minimum atomic E-state index is -0.581. The van der Waals surface area contributed by atoms with Crippen LogP contribution in [0, 0.1) is 5.82 Å². The number of anilines is 1. The number of carbonyl (C=O) groups excluding carboxylic acids is 3. The lowest BCUT2D eigenvalue weighted by atomic mass is 10.1. The molecule has 1 fully saturated rings. The summed E-state index contributed by atoms with van der Waals surface area (Å²) in [6, 6.07) is 12.6. The number of Topliss-reactive ketones (excluding diaryl/α,β-unsaturated/α-hetero) is 1. The number of amidine groups is 1. The van der Waals surface area contributed by atoms with E-state index in [-0.39, 0.29) is 29.8 Å². The Labute approximate surface area is 165 Å². The second kappa shape index (κ2) is 8.79. The number of hydrogen-bond donors (Lipinski definition) is 2. The highest BCUT2D eigenvalue weighted by atomic mass is 32.2. The van der Waals surface area contributed by atoms with Crippen molar-refractivity contribution in [3.8, 4) is 0 Å². The highest BCUT2D eigenvalue weighted by molar-refractivity contribution is 8.15. The summed E-state index contributed by atoms with van der Waals surface area (Å²) < 4.78 is 12.9. The van der Waals surface area contributed by atoms with Crippen LogP contribution in [0.4, 0.5) is 10.1 Å². The van der Waals surface area contributed by atoms with Gasteiger partial charge in [-0.15, -0.1) is 0 Å². The predicted octanol–water partition coefficient (Wildman–Crippen LogP) is 3.14. The summed E-state index contributed by atoms with van der Waals surface area (Å²) in [6.45, 7) is 1.76. The third kappa shape index (κ3) is 5.26. The van der Waals surface area contributed by atoms with Crippen LogP contribution in [0.15, 0.2) is 53.5 Å². The van der Waals surface area contributed by atoms with E-state index in [4.69, 9.17) is 0 Å². The fourth-order valence-corrected chi connectivity index (χ4v) is 3.53. The molecule has 8 heteroatoms. The Morgan fingerprint density at radius 3 is 2.68 bits per heavy atom. The van der Waals surface area contributed by atoms with Crippen LogP contribution in [0.5, 0.6) is 0 Å². The smallest absolute Gasteiger partial charge is 0.240 e. The second-order valence-electron chi connectivity index (χ2n) is 6.23. The Balaban J connectivity index is 1.55. The molecule has 0 aromatic heterocycles. The number of nitrogens with one attached hydrogen (secondary N) is 2. The number of hydrogen-bond acceptors (Lipinski definition) is 5. The number of aliphatic imine (C=N–C) groups is 1. The number of thioether (sulfide) groups is 1. The molecule has 0 radical (unpaired) electrons. The molecule has 1 aliphatic rings. The fraction of sp³-hybridized carbons (Fsp3) is 0.200. The zero-order valence-electron chi connectivity index (χ0n) is 15.1. The Kier molecular flexibility index (Phi) is 6.20. The molecule has 0 unspecified atom stereocenters. The summed E-state index contributed by atoms with van der Waals surface area (Å²) in [5, 5.41) is 5.21. The van der Waals surface area contributed by atoms with E-state index in [2.05, 4.69) is 15.6 Å². The molecular formula is C20H18FN3O3S. The van der Waals surface area contributed by atoms with Gasteiger partial charge in [-0.2, -0.15) is 0 Å². The first-order valence-electron chi connectivity index (χ1n) is 8.58. The average molecular weight is 399 g/mol. The van der Waals surface area contributed by atoms with Gasteiger partial charge in [-0.1, -0.05) is 36.0 Å². The van der Waals surface area contributed by atoms with Crippen LogP contribution in [-0.4, -0.2) is 28.0 Å². The van der Waals surface area contributed by atoms with Crippen LogP contribution in [0.25, 0.3) is 0 Å². The minimum Gasteiger partial charge on any atom is -0.326 e. The van der Waals surface area contributed by atoms with Crippen molar-refractivity contribution in [3.05, 3.63) is 65.5 Å². The summed E-state index contributed by atoms with van der Waals surface area (Å²) in [5.74, 6) is -1.02. The maximum Gasteiger partial charge on any atom is 0.240 e. The Morgan fingerprint density at radius 1 is 1.21 bits per heavy atom. The van der Waals surface area contributed by atoms with Gasteiger partial charge in [0.1, 0.15) is 11.1 Å². The summed E-state index contributed by atoms with van der Waals surface area (Å²) >= 11 is 1.19. The van der Waals surface area contributed by atoms with Crippen LogP contribution < -0.4 is 10.6 Å². The fourth-order valence-electron chi connectivity index (χ4n) is 2.56. The topological polar surface area (TPSA) is 87.6 Å². The number of halogens is 1. The lowest BCUT2D eigenvalue weighted by Gasteiger charge is -2.08. The molecule has 144 valence electrons. The maximum atomic E-state index is 12.9. The van der Waals surface area contributed by atoms with E-state index < -0.39 is 5.25 Å². The van der Waals surface area contributed by atoms with Crippen molar-refractivity contribution in [2.75, 3.05) is 5.32 Å². The van der Waals surface area contributed by atoms with Gasteiger partial charge >= 0.3 is 0 Å². The summed E-state index contributed by atoms with van der Waals surface area (Å²) in [6.07, 6.45) is -0.0175. The molecule has 6 nitrogen and oxygen atoms in total. The molecule has 2 aromatic carbocycles. The highest BCUT2D eigenvalue weighted by Crippen LogP contribution is 2.23. The van der Waals surface area contributed by atoms with Gasteiger partial charge in [0.2, 0.25) is 11.8 Å². The first-order valence-corrected chi connectivity index (χ1v) is 9.46. The maximum absolute atomic E-state index is 12.9. The van der Waals surface area contributed by atoms with E-state index in [9.17, 15) is 18.8 Å². The first kappa shape index (κ1) is 19.8. The van der Waals surface area contributed by atoms with Crippen LogP contribution in [0.2, 0.25) is 0 Å². The van der Waals surface area contributed by atoms with Crippen LogP contribution in [0.3, 0.4) is 0 Å². The van der Waals surface area contributed by atoms with Gasteiger partial charge in [-0.3, -0.25) is 19.4 Å². The van der Waals surface area contributed by atoms with Crippen molar-refractivity contribution in [1.29, 1.82) is 0 Å². The van der Waals surface area contributed by atoms with Crippen molar-refractivity contribution < 1.29 is 18.8 Å². The number of benzene rings is 2. The van der Waals surface area contributed by atoms with Crippen LogP contribution in [0.1, 0.15) is 29.3 Å². The van der Waals surface area contributed by atoms with Gasteiger partial charge in [0.25, 0.3) is 0 Å². The van der Waals surface area contributed by atoms with Crippen molar-refractivity contribution in [3.63, 3.8) is 0 Å². The third-order valence-corrected chi connectivity index (χ3v) is 5.14. The molecule has 2 amide bonds. The Morgan fingerprint density at radius 2 is 1.96 bits per heavy atom. The van der Waals surface area contributed by atoms with Crippen molar-refractivity contribution >= 4 is 40.2 Å². The van der Waals surface area contributed by atoms with Crippen LogP contribution in [-0.2, 0) is 16.1 Å². The average Bonchev–Trinajstić information content (AvgIpc) is 3.00. The van der Waals surface area contributed by atoms with Gasteiger partial charge in [-0.05, 0) is 36.8 Å². The summed E-state index contributed by atoms with van der Waals surface area (Å²) in [5.41, 5.74) is 1.82. The molecule has 0 bridgehead atoms. The summed E-state index contributed by atoms with van der Waals surface area (Å²) in [4.78, 5) is 40.1. The summed E-state index contributed by atoms with van der Waals surface area (Å²) in [7, 11) is 0. The molecule has 2 aromatic rings. The van der Waals surface area contributed by atoms with E-state index in [1.54, 1.807) is 36.4 Å². The van der Waals surface area contributed by atoms with Gasteiger partial charge in [-0.25, -0.2) is 4.39 Å². The molecule has 0 spiro atoms. The number of nitrogens with zero attached hydrogens (tertiary/aromatic N) is 1. The number of ketones is 1. The molecule has 1 saturated heterocycles. The normalized spacial score (nSPS) is 17.4.